The third-order valence-corrected chi connectivity index (χ3v) is 4.88. The molecule has 2 N–H and O–H groups in total. The maximum atomic E-state index is 9.62. The van der Waals surface area contributed by atoms with E-state index in [0.717, 1.165) is 38.0 Å². The van der Waals surface area contributed by atoms with Gasteiger partial charge in [0, 0.05) is 12.1 Å². The highest BCUT2D eigenvalue weighted by molar-refractivity contribution is 5.23. The fourth-order valence-corrected chi connectivity index (χ4v) is 3.50. The van der Waals surface area contributed by atoms with E-state index in [1.807, 2.05) is 0 Å². The first-order valence-electron chi connectivity index (χ1n) is 8.20. The van der Waals surface area contributed by atoms with Crippen molar-refractivity contribution in [3.05, 3.63) is 35.4 Å². The summed E-state index contributed by atoms with van der Waals surface area (Å²) >= 11 is 0. The summed E-state index contributed by atoms with van der Waals surface area (Å²) in [7, 11) is 0. The zero-order valence-electron chi connectivity index (χ0n) is 12.5. The first kappa shape index (κ1) is 14.1. The van der Waals surface area contributed by atoms with Gasteiger partial charge in [-0.3, -0.25) is 0 Å². The molecule has 3 rings (SSSR count). The predicted octanol–water partition coefficient (Wildman–Crippen LogP) is 3.21. The van der Waals surface area contributed by atoms with Crippen LogP contribution in [0.4, 0.5) is 0 Å². The average molecular weight is 273 g/mol. The van der Waals surface area contributed by atoms with Crippen LogP contribution < -0.4 is 5.32 Å². The summed E-state index contributed by atoms with van der Waals surface area (Å²) < 4.78 is 0. The van der Waals surface area contributed by atoms with Crippen molar-refractivity contribution in [2.45, 2.75) is 70.1 Å². The largest absolute Gasteiger partial charge is 0.393 e. The Morgan fingerprint density at radius 2 is 1.90 bits per heavy atom. The van der Waals surface area contributed by atoms with Crippen molar-refractivity contribution >= 4 is 0 Å². The van der Waals surface area contributed by atoms with Gasteiger partial charge in [0.1, 0.15) is 0 Å². The smallest absolute Gasteiger partial charge is 0.0541 e. The lowest BCUT2D eigenvalue weighted by molar-refractivity contribution is 0.113. The fraction of sp³-hybridized carbons (Fsp3) is 0.667. The van der Waals surface area contributed by atoms with Crippen LogP contribution >= 0.6 is 0 Å². The van der Waals surface area contributed by atoms with Crippen LogP contribution in [0.2, 0.25) is 0 Å². The molecular weight excluding hydrogens is 246 g/mol. The van der Waals surface area contributed by atoms with Crippen molar-refractivity contribution < 1.29 is 5.11 Å². The lowest BCUT2D eigenvalue weighted by atomic mass is 9.91. The van der Waals surface area contributed by atoms with Gasteiger partial charge in [-0.25, -0.2) is 0 Å². The summed E-state index contributed by atoms with van der Waals surface area (Å²) in [5.74, 6) is 0.877. The standard InChI is InChI=1S/C18H27NO/c1-13-3-2-4-14(11-13)12-18(15-5-6-15)19-16-7-9-17(20)10-8-16/h2-4,11,15-20H,5-10,12H2,1H3. The monoisotopic (exact) mass is 273 g/mol. The highest BCUT2D eigenvalue weighted by atomic mass is 16.3. The molecule has 0 bridgehead atoms. The van der Waals surface area contributed by atoms with Gasteiger partial charge in [-0.2, -0.15) is 0 Å². The maximum absolute atomic E-state index is 9.62. The molecule has 1 aromatic rings. The van der Waals surface area contributed by atoms with Crippen LogP contribution in [0.25, 0.3) is 0 Å². The van der Waals surface area contributed by atoms with Crippen molar-refractivity contribution in [1.82, 2.24) is 5.32 Å². The number of aliphatic hydroxyl groups excluding tert-OH is 1. The minimum atomic E-state index is -0.0517. The van der Waals surface area contributed by atoms with Gasteiger partial charge in [-0.1, -0.05) is 29.8 Å². The topological polar surface area (TPSA) is 32.3 Å². The average Bonchev–Trinajstić information content (AvgIpc) is 3.25. The summed E-state index contributed by atoms with van der Waals surface area (Å²) in [5, 5.41) is 13.5. The first-order chi connectivity index (χ1) is 9.70. The molecule has 0 saturated heterocycles. The van der Waals surface area contributed by atoms with E-state index in [-0.39, 0.29) is 6.10 Å². The van der Waals surface area contributed by atoms with Crippen molar-refractivity contribution in [2.75, 3.05) is 0 Å². The minimum Gasteiger partial charge on any atom is -0.393 e. The number of benzene rings is 1. The zero-order chi connectivity index (χ0) is 13.9. The van der Waals surface area contributed by atoms with Gasteiger partial charge in [-0.15, -0.1) is 0 Å². The lowest BCUT2D eigenvalue weighted by Gasteiger charge is -2.30. The summed E-state index contributed by atoms with van der Waals surface area (Å²) in [6.07, 6.45) is 8.10. The molecular formula is C18H27NO. The molecule has 110 valence electrons. The van der Waals surface area contributed by atoms with E-state index < -0.39 is 0 Å². The van der Waals surface area contributed by atoms with Crippen LogP contribution in [0.1, 0.15) is 49.7 Å². The molecule has 0 spiro atoms. The molecule has 1 atom stereocenters. The van der Waals surface area contributed by atoms with Crippen LogP contribution in [0.5, 0.6) is 0 Å². The van der Waals surface area contributed by atoms with Gasteiger partial charge in [-0.05, 0) is 63.4 Å². The van der Waals surface area contributed by atoms with Crippen LogP contribution in [0.15, 0.2) is 24.3 Å². The van der Waals surface area contributed by atoms with Crippen LogP contribution in [-0.4, -0.2) is 23.3 Å². The number of nitrogens with one attached hydrogen (secondary N) is 1. The second-order valence-electron chi connectivity index (χ2n) is 6.81. The van der Waals surface area contributed by atoms with Gasteiger partial charge in [0.25, 0.3) is 0 Å². The molecule has 0 heterocycles. The SMILES string of the molecule is Cc1cccc(CC(NC2CCC(O)CC2)C2CC2)c1. The van der Waals surface area contributed by atoms with Crippen molar-refractivity contribution in [1.29, 1.82) is 0 Å². The van der Waals surface area contributed by atoms with E-state index in [4.69, 9.17) is 0 Å². The quantitative estimate of drug-likeness (QED) is 0.863. The van der Waals surface area contributed by atoms with E-state index in [2.05, 4.69) is 36.5 Å². The lowest BCUT2D eigenvalue weighted by Crippen LogP contribution is -2.43. The van der Waals surface area contributed by atoms with E-state index in [0.29, 0.717) is 12.1 Å². The molecule has 2 aliphatic carbocycles. The second kappa shape index (κ2) is 6.28. The number of aliphatic hydroxyl groups is 1. The number of rotatable bonds is 5. The molecule has 1 aromatic carbocycles. The second-order valence-corrected chi connectivity index (χ2v) is 6.81. The van der Waals surface area contributed by atoms with Crippen molar-refractivity contribution in [3.63, 3.8) is 0 Å². The zero-order valence-corrected chi connectivity index (χ0v) is 12.5. The normalized spacial score (nSPS) is 28.3. The van der Waals surface area contributed by atoms with Gasteiger partial charge >= 0.3 is 0 Å². The third-order valence-electron chi connectivity index (χ3n) is 4.88. The third kappa shape index (κ3) is 3.83. The number of hydrogen-bond donors (Lipinski definition) is 2. The first-order valence-corrected chi connectivity index (χ1v) is 8.20. The highest BCUT2D eigenvalue weighted by Crippen LogP contribution is 2.35. The molecule has 0 amide bonds. The van der Waals surface area contributed by atoms with Gasteiger partial charge in [0.2, 0.25) is 0 Å². The Bertz CT molecular complexity index is 433. The summed E-state index contributed by atoms with van der Waals surface area (Å²) in [4.78, 5) is 0. The molecule has 2 aliphatic rings. The molecule has 2 fully saturated rings. The Morgan fingerprint density at radius 3 is 2.55 bits per heavy atom. The Morgan fingerprint density at radius 1 is 1.15 bits per heavy atom. The predicted molar refractivity (Wildman–Crippen MR) is 82.8 cm³/mol. The Hall–Kier alpha value is -0.860. The summed E-state index contributed by atoms with van der Waals surface area (Å²) in [6.45, 7) is 2.17. The molecule has 0 radical (unpaired) electrons. The highest BCUT2D eigenvalue weighted by Gasteiger charge is 2.33. The Balaban J connectivity index is 1.58. The summed E-state index contributed by atoms with van der Waals surface area (Å²) in [5.41, 5.74) is 2.82. The molecule has 0 aromatic heterocycles. The van der Waals surface area contributed by atoms with Crippen LogP contribution in [0, 0.1) is 12.8 Å². The summed E-state index contributed by atoms with van der Waals surface area (Å²) in [6, 6.07) is 10.2. The Kier molecular flexibility index (Phi) is 4.42. The van der Waals surface area contributed by atoms with E-state index in [9.17, 15) is 5.11 Å². The fourth-order valence-electron chi connectivity index (χ4n) is 3.50. The van der Waals surface area contributed by atoms with Gasteiger partial charge in [0.15, 0.2) is 0 Å². The maximum Gasteiger partial charge on any atom is 0.0541 e. The number of aryl methyl sites for hydroxylation is 1. The molecule has 2 nitrogen and oxygen atoms in total. The van der Waals surface area contributed by atoms with Crippen molar-refractivity contribution in [3.8, 4) is 0 Å². The molecule has 1 unspecified atom stereocenters. The van der Waals surface area contributed by atoms with E-state index in [1.165, 1.54) is 24.0 Å². The van der Waals surface area contributed by atoms with Crippen molar-refractivity contribution in [2.24, 2.45) is 5.92 Å². The number of hydrogen-bond acceptors (Lipinski definition) is 2. The van der Waals surface area contributed by atoms with E-state index >= 15 is 0 Å². The van der Waals surface area contributed by atoms with Gasteiger partial charge < -0.3 is 10.4 Å². The molecule has 0 aliphatic heterocycles. The molecule has 2 saturated carbocycles. The van der Waals surface area contributed by atoms with Gasteiger partial charge in [0.05, 0.1) is 6.10 Å². The molecule has 2 heteroatoms. The van der Waals surface area contributed by atoms with Crippen LogP contribution in [0.3, 0.4) is 0 Å². The molecule has 20 heavy (non-hydrogen) atoms. The van der Waals surface area contributed by atoms with Crippen LogP contribution in [-0.2, 0) is 6.42 Å². The Labute approximate surface area is 122 Å². The van der Waals surface area contributed by atoms with E-state index in [1.54, 1.807) is 0 Å². The minimum absolute atomic E-state index is 0.0517.